The van der Waals surface area contributed by atoms with Crippen LogP contribution in [0.25, 0.3) is 0 Å². The van der Waals surface area contributed by atoms with Gasteiger partial charge in [-0.3, -0.25) is 4.79 Å². The standard InChI is InChI=1S/C12H16INO3.Na/c1-8-5-11(4-3-10(8)7-17-16)14-12(15)9(2)6-13;/h3-5,9,16H,6-7H2,1-2H3,(H,14,15);/q;+1/p-1. The quantitative estimate of drug-likeness (QED) is 0.233. The van der Waals surface area contributed by atoms with Crippen LogP contribution in [0.2, 0.25) is 0 Å². The molecule has 1 aromatic carbocycles. The Morgan fingerprint density at radius 1 is 1.56 bits per heavy atom. The summed E-state index contributed by atoms with van der Waals surface area (Å²) in [7, 11) is 0. The van der Waals surface area contributed by atoms with Crippen molar-refractivity contribution < 1.29 is 44.5 Å². The molecule has 0 aliphatic rings. The van der Waals surface area contributed by atoms with Crippen molar-refractivity contribution in [2.75, 3.05) is 9.74 Å². The van der Waals surface area contributed by atoms with E-state index in [0.29, 0.717) is 0 Å². The summed E-state index contributed by atoms with van der Waals surface area (Å²) in [5.74, 6) is -0.00724. The summed E-state index contributed by atoms with van der Waals surface area (Å²) in [6.07, 6.45) is 0. The molecule has 0 aliphatic carbocycles. The van der Waals surface area contributed by atoms with Gasteiger partial charge in [-0.15, -0.1) is 0 Å². The van der Waals surface area contributed by atoms with Crippen LogP contribution < -0.4 is 40.1 Å². The molecule has 1 unspecified atom stereocenters. The average Bonchev–Trinajstić information content (AvgIpc) is 2.31. The van der Waals surface area contributed by atoms with Crippen LogP contribution >= 0.6 is 22.6 Å². The van der Waals surface area contributed by atoms with Crippen LogP contribution in [-0.4, -0.2) is 10.3 Å². The van der Waals surface area contributed by atoms with Gasteiger partial charge >= 0.3 is 29.6 Å². The van der Waals surface area contributed by atoms with Gasteiger partial charge in [-0.05, 0) is 30.2 Å². The number of amides is 1. The summed E-state index contributed by atoms with van der Waals surface area (Å²) in [5, 5.41) is 12.9. The van der Waals surface area contributed by atoms with Gasteiger partial charge < -0.3 is 15.5 Å². The maximum atomic E-state index is 11.7. The molecule has 0 radical (unpaired) electrons. The SMILES string of the molecule is Cc1cc(NC(=O)C(C)CI)ccc1CO[O-].[Na+]. The molecule has 0 saturated heterocycles. The Hall–Kier alpha value is 0.340. The Morgan fingerprint density at radius 3 is 2.72 bits per heavy atom. The topological polar surface area (TPSA) is 61.4 Å². The normalized spacial score (nSPS) is 11.6. The van der Waals surface area contributed by atoms with E-state index < -0.39 is 0 Å². The maximum Gasteiger partial charge on any atom is 1.00 e. The van der Waals surface area contributed by atoms with E-state index in [1.165, 1.54) is 0 Å². The van der Waals surface area contributed by atoms with Crippen molar-refractivity contribution in [2.24, 2.45) is 5.92 Å². The summed E-state index contributed by atoms with van der Waals surface area (Å²) in [6.45, 7) is 3.81. The van der Waals surface area contributed by atoms with Crippen molar-refractivity contribution in [3.63, 3.8) is 0 Å². The van der Waals surface area contributed by atoms with Crippen molar-refractivity contribution in [2.45, 2.75) is 20.5 Å². The van der Waals surface area contributed by atoms with E-state index in [-0.39, 0.29) is 48.0 Å². The molecule has 1 rings (SSSR count). The molecule has 0 aromatic heterocycles. The van der Waals surface area contributed by atoms with Gasteiger partial charge in [0.2, 0.25) is 5.91 Å². The van der Waals surface area contributed by atoms with Gasteiger partial charge in [0.05, 0.1) is 6.61 Å². The predicted octanol–water partition coefficient (Wildman–Crippen LogP) is -1.20. The molecule has 0 saturated carbocycles. The number of hydrogen-bond acceptors (Lipinski definition) is 3. The smallest absolute Gasteiger partial charge is 0.723 e. The van der Waals surface area contributed by atoms with Crippen LogP contribution in [0.5, 0.6) is 0 Å². The first-order valence-electron chi connectivity index (χ1n) is 5.29. The number of nitrogens with one attached hydrogen (secondary N) is 1. The van der Waals surface area contributed by atoms with E-state index in [9.17, 15) is 10.1 Å². The monoisotopic (exact) mass is 371 g/mol. The molecule has 6 heteroatoms. The molecule has 4 nitrogen and oxygen atoms in total. The summed E-state index contributed by atoms with van der Waals surface area (Å²) in [5.41, 5.74) is 2.51. The Balaban J connectivity index is 0.00000289. The number of carbonyl (C=O) groups excluding carboxylic acids is 1. The van der Waals surface area contributed by atoms with Crippen LogP contribution in [0.1, 0.15) is 18.1 Å². The fourth-order valence-electron chi connectivity index (χ4n) is 1.33. The summed E-state index contributed by atoms with van der Waals surface area (Å²) < 4.78 is 0.782. The maximum absolute atomic E-state index is 11.7. The molecule has 0 fully saturated rings. The van der Waals surface area contributed by atoms with Gasteiger partial charge in [-0.2, -0.15) is 0 Å². The number of alkyl halides is 1. The van der Waals surface area contributed by atoms with Gasteiger partial charge in [0.25, 0.3) is 0 Å². The molecule has 18 heavy (non-hydrogen) atoms. The third kappa shape index (κ3) is 5.54. The molecule has 0 spiro atoms. The molecule has 0 heterocycles. The van der Waals surface area contributed by atoms with Crippen molar-refractivity contribution in [3.8, 4) is 0 Å². The van der Waals surface area contributed by atoms with Gasteiger partial charge in [-0.1, -0.05) is 35.6 Å². The van der Waals surface area contributed by atoms with E-state index in [1.54, 1.807) is 12.1 Å². The first kappa shape index (κ1) is 18.3. The first-order valence-corrected chi connectivity index (χ1v) is 6.82. The van der Waals surface area contributed by atoms with Crippen molar-refractivity contribution in [1.82, 2.24) is 0 Å². The summed E-state index contributed by atoms with van der Waals surface area (Å²) in [6, 6.07) is 5.41. The van der Waals surface area contributed by atoms with Crippen LogP contribution in [0.4, 0.5) is 5.69 Å². The summed E-state index contributed by atoms with van der Waals surface area (Å²) in [4.78, 5) is 15.5. The van der Waals surface area contributed by atoms with Gasteiger partial charge in [-0.25, -0.2) is 0 Å². The van der Waals surface area contributed by atoms with Gasteiger partial charge in [0.1, 0.15) is 0 Å². The van der Waals surface area contributed by atoms with E-state index in [0.717, 1.165) is 21.2 Å². The fourth-order valence-corrected chi connectivity index (χ4v) is 1.73. The predicted molar refractivity (Wildman–Crippen MR) is 72.6 cm³/mol. The van der Waals surface area contributed by atoms with Gasteiger partial charge in [0, 0.05) is 16.0 Å². The first-order chi connectivity index (χ1) is 8.08. The van der Waals surface area contributed by atoms with Gasteiger partial charge in [0.15, 0.2) is 0 Å². The number of aryl methyl sites for hydroxylation is 1. The fraction of sp³-hybridized carbons (Fsp3) is 0.417. The molecule has 94 valence electrons. The number of anilines is 1. The molecule has 1 atom stereocenters. The van der Waals surface area contributed by atoms with Crippen LogP contribution in [0.3, 0.4) is 0 Å². The van der Waals surface area contributed by atoms with E-state index in [1.807, 2.05) is 19.9 Å². The Kier molecular flexibility index (Phi) is 9.45. The Labute approximate surface area is 143 Å². The number of halogens is 1. The minimum absolute atomic E-state index is 0. The number of hydrogen-bond donors (Lipinski definition) is 1. The second-order valence-corrected chi connectivity index (χ2v) is 4.83. The Morgan fingerprint density at radius 2 is 2.22 bits per heavy atom. The third-order valence-corrected chi connectivity index (χ3v) is 3.82. The van der Waals surface area contributed by atoms with E-state index in [4.69, 9.17) is 0 Å². The molecule has 1 aromatic rings. The zero-order valence-electron chi connectivity index (χ0n) is 10.8. The van der Waals surface area contributed by atoms with E-state index in [2.05, 4.69) is 32.8 Å². The largest absolute Gasteiger partial charge is 1.00 e. The second-order valence-electron chi connectivity index (χ2n) is 3.95. The number of benzene rings is 1. The zero-order valence-corrected chi connectivity index (χ0v) is 15.0. The molecule has 1 N–H and O–H groups in total. The molecular weight excluding hydrogens is 356 g/mol. The molecule has 1 amide bonds. The molecule has 0 bridgehead atoms. The second kappa shape index (κ2) is 9.28. The van der Waals surface area contributed by atoms with Crippen molar-refractivity contribution in [3.05, 3.63) is 29.3 Å². The zero-order chi connectivity index (χ0) is 12.8. The molecule has 0 aliphatic heterocycles. The van der Waals surface area contributed by atoms with Crippen molar-refractivity contribution >= 4 is 34.2 Å². The minimum atomic E-state index is -0.0134. The Bertz CT molecular complexity index is 401. The third-order valence-electron chi connectivity index (χ3n) is 2.50. The molecular formula is C12H15INNaO3. The minimum Gasteiger partial charge on any atom is -0.723 e. The average molecular weight is 371 g/mol. The summed E-state index contributed by atoms with van der Waals surface area (Å²) >= 11 is 2.18. The van der Waals surface area contributed by atoms with Crippen LogP contribution in [0.15, 0.2) is 18.2 Å². The van der Waals surface area contributed by atoms with Crippen molar-refractivity contribution in [1.29, 1.82) is 0 Å². The number of rotatable bonds is 5. The van der Waals surface area contributed by atoms with Crippen LogP contribution in [0, 0.1) is 12.8 Å². The van der Waals surface area contributed by atoms with Crippen LogP contribution in [-0.2, 0) is 16.3 Å². The van der Waals surface area contributed by atoms with E-state index >= 15 is 0 Å². The number of carbonyl (C=O) groups is 1.